The number of anilines is 1. The Labute approximate surface area is 224 Å². The first-order valence-corrected chi connectivity index (χ1v) is 14.1. The Balaban J connectivity index is 1.08. The monoisotopic (exact) mass is 514 g/mol. The van der Waals surface area contributed by atoms with Crippen molar-refractivity contribution < 1.29 is 9.53 Å². The Kier molecular flexibility index (Phi) is 7.42. The molecule has 0 radical (unpaired) electrons. The largest absolute Gasteiger partial charge is 0.381 e. The van der Waals surface area contributed by atoms with Crippen LogP contribution in [-0.4, -0.2) is 70.5 Å². The van der Waals surface area contributed by atoms with Crippen molar-refractivity contribution in [3.63, 3.8) is 0 Å². The zero-order chi connectivity index (χ0) is 25.9. The number of nitrogens with zero attached hydrogens (tertiary/aromatic N) is 4. The van der Waals surface area contributed by atoms with E-state index >= 15 is 0 Å². The summed E-state index contributed by atoms with van der Waals surface area (Å²) in [4.78, 5) is 19.7. The summed E-state index contributed by atoms with van der Waals surface area (Å²) in [5.41, 5.74) is 5.75. The highest BCUT2D eigenvalue weighted by Gasteiger charge is 2.25. The third-order valence-electron chi connectivity index (χ3n) is 8.11. The lowest BCUT2D eigenvalue weighted by Gasteiger charge is -2.35. The van der Waals surface area contributed by atoms with E-state index in [0.717, 1.165) is 86.0 Å². The van der Waals surface area contributed by atoms with Crippen molar-refractivity contribution in [1.82, 2.24) is 25.0 Å². The quantitative estimate of drug-likeness (QED) is 0.463. The van der Waals surface area contributed by atoms with Gasteiger partial charge in [-0.15, -0.1) is 0 Å². The van der Waals surface area contributed by atoms with Crippen LogP contribution >= 0.6 is 0 Å². The Morgan fingerprint density at radius 1 is 1.00 bits per heavy atom. The Morgan fingerprint density at radius 2 is 1.82 bits per heavy atom. The molecule has 38 heavy (non-hydrogen) atoms. The number of benzene rings is 1. The number of carbonyl (C=O) groups excluding carboxylic acids is 1. The van der Waals surface area contributed by atoms with Gasteiger partial charge in [0.2, 0.25) is 0 Å². The van der Waals surface area contributed by atoms with Crippen LogP contribution in [0.4, 0.5) is 5.69 Å². The first-order valence-electron chi connectivity index (χ1n) is 14.1. The summed E-state index contributed by atoms with van der Waals surface area (Å²) in [5.74, 6) is 0.790. The Bertz CT molecular complexity index is 1260. The van der Waals surface area contributed by atoms with E-state index in [1.54, 1.807) is 0 Å². The SMILES string of the molecule is Cc1ccc(C(=O)NC2CC2)cc1-c1cnn(-c2cncc(NC3CCN(CC4CCOCC4)CC3)c2)c1. The standard InChI is InChI=1S/C30H38N6O2/c1-21-2-3-23(30(37)34-25-4-5-25)14-29(21)24-16-32-36(20-24)28-15-27(17-31-18-28)33-26-6-10-35(11-7-26)19-22-8-12-38-13-9-22/h2-3,14-18,20,22,25-26,33H,4-13,19H2,1H3,(H,34,37). The molecule has 2 aliphatic heterocycles. The summed E-state index contributed by atoms with van der Waals surface area (Å²) < 4.78 is 7.38. The van der Waals surface area contributed by atoms with Crippen molar-refractivity contribution in [2.75, 3.05) is 38.2 Å². The lowest BCUT2D eigenvalue weighted by atomic mass is 9.97. The number of pyridine rings is 1. The number of carbonyl (C=O) groups is 1. The Morgan fingerprint density at radius 3 is 2.61 bits per heavy atom. The van der Waals surface area contributed by atoms with Crippen molar-refractivity contribution in [3.8, 4) is 16.8 Å². The molecule has 8 nitrogen and oxygen atoms in total. The Hall–Kier alpha value is -3.23. The van der Waals surface area contributed by atoms with Gasteiger partial charge in [-0.25, -0.2) is 4.68 Å². The number of amides is 1. The van der Waals surface area contributed by atoms with Crippen LogP contribution in [0.2, 0.25) is 0 Å². The van der Waals surface area contributed by atoms with Gasteiger partial charge in [0.15, 0.2) is 0 Å². The molecule has 2 saturated heterocycles. The molecule has 0 unspecified atom stereocenters. The maximum absolute atomic E-state index is 12.6. The van der Waals surface area contributed by atoms with Gasteiger partial charge in [-0.1, -0.05) is 6.07 Å². The van der Waals surface area contributed by atoms with Crippen molar-refractivity contribution in [3.05, 3.63) is 60.2 Å². The first-order chi connectivity index (χ1) is 18.6. The van der Waals surface area contributed by atoms with Crippen molar-refractivity contribution in [2.45, 2.75) is 57.5 Å². The van der Waals surface area contributed by atoms with Crippen LogP contribution in [0.25, 0.3) is 16.8 Å². The van der Waals surface area contributed by atoms with Crippen LogP contribution < -0.4 is 10.6 Å². The van der Waals surface area contributed by atoms with Crippen LogP contribution in [0.3, 0.4) is 0 Å². The number of nitrogens with one attached hydrogen (secondary N) is 2. The number of hydrogen-bond donors (Lipinski definition) is 2. The molecule has 1 amide bonds. The zero-order valence-electron chi connectivity index (χ0n) is 22.2. The molecule has 8 heteroatoms. The molecule has 4 heterocycles. The predicted octanol–water partition coefficient (Wildman–Crippen LogP) is 4.44. The van der Waals surface area contributed by atoms with Crippen LogP contribution in [0.1, 0.15) is 54.4 Å². The molecule has 2 aromatic heterocycles. The highest BCUT2D eigenvalue weighted by atomic mass is 16.5. The maximum Gasteiger partial charge on any atom is 0.251 e. The molecule has 1 aromatic carbocycles. The van der Waals surface area contributed by atoms with Crippen LogP contribution in [-0.2, 0) is 4.74 Å². The van der Waals surface area contributed by atoms with Gasteiger partial charge in [0, 0.05) is 62.3 Å². The third kappa shape index (κ3) is 6.08. The molecule has 1 aliphatic carbocycles. The van der Waals surface area contributed by atoms with E-state index in [1.165, 1.54) is 19.4 Å². The van der Waals surface area contributed by atoms with Crippen LogP contribution in [0.5, 0.6) is 0 Å². The fourth-order valence-corrected chi connectivity index (χ4v) is 5.60. The second-order valence-electron chi connectivity index (χ2n) is 11.2. The molecule has 3 fully saturated rings. The summed E-state index contributed by atoms with van der Waals surface area (Å²) >= 11 is 0. The molecule has 0 bridgehead atoms. The van der Waals surface area contributed by atoms with E-state index in [-0.39, 0.29) is 5.91 Å². The fraction of sp³-hybridized carbons (Fsp3) is 0.500. The van der Waals surface area contributed by atoms with Crippen molar-refractivity contribution in [1.29, 1.82) is 0 Å². The summed E-state index contributed by atoms with van der Waals surface area (Å²) in [6, 6.07) is 8.79. The second kappa shape index (κ2) is 11.3. The number of likely N-dealkylation sites (tertiary alicyclic amines) is 1. The van der Waals surface area contributed by atoms with Gasteiger partial charge in [0.1, 0.15) is 0 Å². The minimum atomic E-state index is -0.00135. The van der Waals surface area contributed by atoms with Gasteiger partial charge >= 0.3 is 0 Å². The molecule has 0 atom stereocenters. The van der Waals surface area contributed by atoms with Gasteiger partial charge < -0.3 is 20.3 Å². The summed E-state index contributed by atoms with van der Waals surface area (Å²) in [5, 5.41) is 11.4. The second-order valence-corrected chi connectivity index (χ2v) is 11.2. The highest BCUT2D eigenvalue weighted by molar-refractivity contribution is 5.96. The number of aryl methyl sites for hydroxylation is 1. The van der Waals surface area contributed by atoms with E-state index < -0.39 is 0 Å². The van der Waals surface area contributed by atoms with E-state index in [9.17, 15) is 4.79 Å². The number of aromatic nitrogens is 3. The molecule has 200 valence electrons. The highest BCUT2D eigenvalue weighted by Crippen LogP contribution is 2.27. The topological polar surface area (TPSA) is 84.3 Å². The number of piperidine rings is 1. The summed E-state index contributed by atoms with van der Waals surface area (Å²) in [7, 11) is 0. The number of hydrogen-bond acceptors (Lipinski definition) is 6. The van der Waals surface area contributed by atoms with Crippen molar-refractivity contribution >= 4 is 11.6 Å². The normalized spacial score (nSPS) is 19.4. The van der Waals surface area contributed by atoms with E-state index in [2.05, 4.69) is 38.6 Å². The van der Waals surface area contributed by atoms with Gasteiger partial charge in [-0.2, -0.15) is 5.10 Å². The van der Waals surface area contributed by atoms with Crippen LogP contribution in [0, 0.1) is 12.8 Å². The molecule has 0 spiro atoms. The summed E-state index contributed by atoms with van der Waals surface area (Å²) in [6.07, 6.45) is 14.5. The molecular formula is C30H38N6O2. The third-order valence-corrected chi connectivity index (χ3v) is 8.11. The first kappa shape index (κ1) is 25.1. The number of rotatable bonds is 8. The predicted molar refractivity (Wildman–Crippen MR) is 149 cm³/mol. The van der Waals surface area contributed by atoms with Gasteiger partial charge in [-0.05, 0) is 80.7 Å². The lowest BCUT2D eigenvalue weighted by molar-refractivity contribution is 0.0492. The molecule has 3 aromatic rings. The average Bonchev–Trinajstić information content (AvgIpc) is 3.62. The minimum absolute atomic E-state index is 0.00135. The molecule has 2 N–H and O–H groups in total. The maximum atomic E-state index is 12.6. The smallest absolute Gasteiger partial charge is 0.251 e. The van der Waals surface area contributed by atoms with Gasteiger partial charge in [0.25, 0.3) is 5.91 Å². The average molecular weight is 515 g/mol. The van der Waals surface area contributed by atoms with Gasteiger partial charge in [-0.3, -0.25) is 9.78 Å². The summed E-state index contributed by atoms with van der Waals surface area (Å²) in [6.45, 7) is 7.41. The van der Waals surface area contributed by atoms with Gasteiger partial charge in [0.05, 0.1) is 30.0 Å². The zero-order valence-corrected chi connectivity index (χ0v) is 22.2. The molecule has 1 saturated carbocycles. The van der Waals surface area contributed by atoms with E-state index in [1.807, 2.05) is 47.7 Å². The molecular weight excluding hydrogens is 476 g/mol. The van der Waals surface area contributed by atoms with Crippen LogP contribution in [0.15, 0.2) is 49.1 Å². The number of ether oxygens (including phenoxy) is 1. The fourth-order valence-electron chi connectivity index (χ4n) is 5.60. The lowest BCUT2D eigenvalue weighted by Crippen LogP contribution is -2.42. The van der Waals surface area contributed by atoms with Crippen molar-refractivity contribution in [2.24, 2.45) is 5.92 Å². The molecule has 3 aliphatic rings. The minimum Gasteiger partial charge on any atom is -0.381 e. The molecule has 6 rings (SSSR count). The van der Waals surface area contributed by atoms with E-state index in [0.29, 0.717) is 17.6 Å². The van der Waals surface area contributed by atoms with E-state index in [4.69, 9.17) is 4.74 Å².